The first kappa shape index (κ1) is 14.0. The minimum absolute atomic E-state index is 0.254. The molecule has 0 radical (unpaired) electrons. The van der Waals surface area contributed by atoms with Crippen LogP contribution in [0, 0.1) is 0 Å². The number of carboxylic acid groups (broad SMARTS) is 1. The van der Waals surface area contributed by atoms with E-state index in [1.165, 1.54) is 6.07 Å². The molecule has 1 atom stereocenters. The third kappa shape index (κ3) is 4.35. The molecule has 94 valence electrons. The van der Waals surface area contributed by atoms with Crippen LogP contribution in [-0.4, -0.2) is 23.8 Å². The van der Waals surface area contributed by atoms with Crippen molar-refractivity contribution in [1.82, 2.24) is 5.32 Å². The van der Waals surface area contributed by atoms with Crippen LogP contribution in [-0.2, 0) is 4.79 Å². The highest BCUT2D eigenvalue weighted by molar-refractivity contribution is 9.10. The minimum atomic E-state index is -4.45. The van der Waals surface area contributed by atoms with Crippen molar-refractivity contribution in [3.05, 3.63) is 34.3 Å². The Labute approximate surface area is 104 Å². The largest absolute Gasteiger partial charge is 0.480 e. The van der Waals surface area contributed by atoms with Crippen LogP contribution in [0.25, 0.3) is 0 Å². The summed E-state index contributed by atoms with van der Waals surface area (Å²) in [5.74, 6) is -1.36. The van der Waals surface area contributed by atoms with Gasteiger partial charge >= 0.3 is 12.1 Å². The molecule has 1 aromatic carbocycles. The molecule has 0 aliphatic heterocycles. The first-order valence-corrected chi connectivity index (χ1v) is 5.38. The average molecular weight is 312 g/mol. The molecule has 0 saturated carbocycles. The highest BCUT2D eigenvalue weighted by Gasteiger charge is 2.31. The Balaban J connectivity index is 2.88. The maximum atomic E-state index is 12.0. The highest BCUT2D eigenvalue weighted by atomic mass is 79.9. The van der Waals surface area contributed by atoms with Crippen LogP contribution in [0.3, 0.4) is 0 Å². The molecule has 0 spiro atoms. The predicted octanol–water partition coefficient (Wildman–Crippen LogP) is 2.73. The van der Waals surface area contributed by atoms with E-state index in [2.05, 4.69) is 15.9 Å². The molecular formula is C10H9BrF3NO2. The van der Waals surface area contributed by atoms with Crippen molar-refractivity contribution in [2.45, 2.75) is 12.2 Å². The summed E-state index contributed by atoms with van der Waals surface area (Å²) in [4.78, 5) is 10.9. The maximum absolute atomic E-state index is 12.0. The molecule has 3 nitrogen and oxygen atoms in total. The van der Waals surface area contributed by atoms with E-state index in [1.807, 2.05) is 5.32 Å². The zero-order valence-corrected chi connectivity index (χ0v) is 10.0. The lowest BCUT2D eigenvalue weighted by Gasteiger charge is -2.17. The number of alkyl halides is 3. The normalized spacial score (nSPS) is 13.4. The maximum Gasteiger partial charge on any atom is 0.401 e. The molecule has 1 rings (SSSR count). The summed E-state index contributed by atoms with van der Waals surface area (Å²) in [7, 11) is 0. The molecule has 17 heavy (non-hydrogen) atoms. The Bertz CT molecular complexity index is 409. The van der Waals surface area contributed by atoms with Gasteiger partial charge in [-0.2, -0.15) is 13.2 Å². The van der Waals surface area contributed by atoms with Crippen molar-refractivity contribution >= 4 is 21.9 Å². The van der Waals surface area contributed by atoms with Crippen molar-refractivity contribution in [2.24, 2.45) is 0 Å². The van der Waals surface area contributed by atoms with Crippen molar-refractivity contribution < 1.29 is 23.1 Å². The minimum Gasteiger partial charge on any atom is -0.480 e. The van der Waals surface area contributed by atoms with Crippen molar-refractivity contribution in [3.63, 3.8) is 0 Å². The van der Waals surface area contributed by atoms with Gasteiger partial charge in [0.05, 0.1) is 6.54 Å². The Hall–Kier alpha value is -1.08. The number of benzene rings is 1. The van der Waals surface area contributed by atoms with Crippen LogP contribution in [0.2, 0.25) is 0 Å². The standard InChI is InChI=1S/C10H9BrF3NO2/c11-7-4-2-1-3-6(7)8(9(16)17)15-5-10(12,13)14/h1-4,8,15H,5H2,(H,16,17). The molecule has 0 aliphatic rings. The average Bonchev–Trinajstić information content (AvgIpc) is 2.18. The first-order chi connectivity index (χ1) is 7.81. The van der Waals surface area contributed by atoms with Gasteiger partial charge in [0.15, 0.2) is 0 Å². The van der Waals surface area contributed by atoms with Gasteiger partial charge in [0.25, 0.3) is 0 Å². The van der Waals surface area contributed by atoms with Gasteiger partial charge in [0.2, 0.25) is 0 Å². The van der Waals surface area contributed by atoms with Crippen LogP contribution < -0.4 is 5.32 Å². The molecule has 7 heteroatoms. The van der Waals surface area contributed by atoms with E-state index in [-0.39, 0.29) is 5.56 Å². The summed E-state index contributed by atoms with van der Waals surface area (Å²) in [6.45, 7) is -1.36. The second-order valence-corrected chi connectivity index (χ2v) is 4.14. The van der Waals surface area contributed by atoms with Crippen LogP contribution in [0.4, 0.5) is 13.2 Å². The van der Waals surface area contributed by atoms with E-state index < -0.39 is 24.7 Å². The highest BCUT2D eigenvalue weighted by Crippen LogP contribution is 2.24. The summed E-state index contributed by atoms with van der Waals surface area (Å²) < 4.78 is 36.5. The molecule has 1 unspecified atom stereocenters. The number of hydrogen-bond donors (Lipinski definition) is 2. The summed E-state index contributed by atoms with van der Waals surface area (Å²) in [6, 6.07) is 4.83. The fourth-order valence-electron chi connectivity index (χ4n) is 1.26. The number of aliphatic carboxylic acids is 1. The van der Waals surface area contributed by atoms with Crippen LogP contribution >= 0.6 is 15.9 Å². The predicted molar refractivity (Wildman–Crippen MR) is 58.6 cm³/mol. The molecule has 0 fully saturated rings. The molecule has 0 aromatic heterocycles. The Morgan fingerprint density at radius 2 is 2.00 bits per heavy atom. The van der Waals surface area contributed by atoms with Gasteiger partial charge in [-0.15, -0.1) is 0 Å². The lowest BCUT2D eigenvalue weighted by molar-refractivity contribution is -0.143. The van der Waals surface area contributed by atoms with Crippen LogP contribution in [0.5, 0.6) is 0 Å². The van der Waals surface area contributed by atoms with Gasteiger partial charge in [0.1, 0.15) is 6.04 Å². The Morgan fingerprint density at radius 1 is 1.41 bits per heavy atom. The molecule has 0 amide bonds. The van der Waals surface area contributed by atoms with Gasteiger partial charge in [-0.1, -0.05) is 34.1 Å². The van der Waals surface area contributed by atoms with Crippen molar-refractivity contribution in [1.29, 1.82) is 0 Å². The first-order valence-electron chi connectivity index (χ1n) is 4.58. The zero-order chi connectivity index (χ0) is 13.1. The van der Waals surface area contributed by atoms with E-state index in [0.717, 1.165) is 0 Å². The summed E-state index contributed by atoms with van der Waals surface area (Å²) >= 11 is 3.10. The fourth-order valence-corrected chi connectivity index (χ4v) is 1.77. The Kier molecular flexibility index (Phi) is 4.53. The molecule has 0 saturated heterocycles. The second kappa shape index (κ2) is 5.50. The third-order valence-electron chi connectivity index (χ3n) is 1.97. The van der Waals surface area contributed by atoms with Gasteiger partial charge in [0, 0.05) is 4.47 Å². The van der Waals surface area contributed by atoms with E-state index in [1.54, 1.807) is 18.2 Å². The monoisotopic (exact) mass is 311 g/mol. The number of rotatable bonds is 4. The van der Waals surface area contributed by atoms with Crippen LogP contribution in [0.15, 0.2) is 28.7 Å². The summed E-state index contributed by atoms with van der Waals surface area (Å²) in [6.07, 6.45) is -4.45. The summed E-state index contributed by atoms with van der Waals surface area (Å²) in [5.41, 5.74) is 0.254. The number of halogens is 4. The van der Waals surface area contributed by atoms with Gasteiger partial charge in [-0.25, -0.2) is 0 Å². The van der Waals surface area contributed by atoms with E-state index in [0.29, 0.717) is 4.47 Å². The zero-order valence-electron chi connectivity index (χ0n) is 8.46. The topological polar surface area (TPSA) is 49.3 Å². The number of hydrogen-bond acceptors (Lipinski definition) is 2. The molecular weight excluding hydrogens is 303 g/mol. The van der Waals surface area contributed by atoms with Gasteiger partial charge < -0.3 is 5.11 Å². The SMILES string of the molecule is O=C(O)C(NCC(F)(F)F)c1ccccc1Br. The molecule has 2 N–H and O–H groups in total. The van der Waals surface area contributed by atoms with Crippen LogP contribution in [0.1, 0.15) is 11.6 Å². The van der Waals surface area contributed by atoms with Gasteiger partial charge in [-0.05, 0) is 11.6 Å². The summed E-state index contributed by atoms with van der Waals surface area (Å²) in [5, 5.41) is 10.9. The Morgan fingerprint density at radius 3 is 2.47 bits per heavy atom. The van der Waals surface area contributed by atoms with E-state index >= 15 is 0 Å². The lowest BCUT2D eigenvalue weighted by atomic mass is 10.1. The smallest absolute Gasteiger partial charge is 0.401 e. The van der Waals surface area contributed by atoms with E-state index in [9.17, 15) is 18.0 Å². The molecule has 0 aliphatic carbocycles. The van der Waals surface area contributed by atoms with Crippen molar-refractivity contribution in [3.8, 4) is 0 Å². The fraction of sp³-hybridized carbons (Fsp3) is 0.300. The molecule has 1 aromatic rings. The quantitative estimate of drug-likeness (QED) is 0.899. The number of nitrogens with one attached hydrogen (secondary N) is 1. The van der Waals surface area contributed by atoms with E-state index in [4.69, 9.17) is 5.11 Å². The lowest BCUT2D eigenvalue weighted by Crippen LogP contribution is -2.36. The number of carboxylic acids is 1. The molecule has 0 heterocycles. The van der Waals surface area contributed by atoms with Crippen molar-refractivity contribution in [2.75, 3.05) is 6.54 Å². The second-order valence-electron chi connectivity index (χ2n) is 3.29. The third-order valence-corrected chi connectivity index (χ3v) is 2.69. The molecule has 0 bridgehead atoms. The number of carbonyl (C=O) groups is 1. The van der Waals surface area contributed by atoms with Gasteiger partial charge in [-0.3, -0.25) is 10.1 Å².